The number of carbonyl (C=O) groups is 1. The van der Waals surface area contributed by atoms with Crippen LogP contribution >= 0.6 is 11.3 Å². The highest BCUT2D eigenvalue weighted by atomic mass is 32.1. The number of aliphatic hydroxyl groups excluding tert-OH is 1. The number of hydrogen-bond donors (Lipinski definition) is 2. The number of thiophene rings is 1. The highest BCUT2D eigenvalue weighted by Gasteiger charge is 2.33. The van der Waals surface area contributed by atoms with E-state index >= 15 is 0 Å². The summed E-state index contributed by atoms with van der Waals surface area (Å²) in [7, 11) is 0. The summed E-state index contributed by atoms with van der Waals surface area (Å²) in [5.41, 5.74) is 1.39. The van der Waals surface area contributed by atoms with Crippen LogP contribution in [0.15, 0.2) is 29.6 Å². The molecule has 2 N–H and O–H groups in total. The van der Waals surface area contributed by atoms with Gasteiger partial charge in [0.25, 0.3) is 0 Å². The van der Waals surface area contributed by atoms with E-state index in [1.807, 2.05) is 0 Å². The largest absolute Gasteiger partial charge is 0.383 e. The topological polar surface area (TPSA) is 52.6 Å². The smallest absolute Gasteiger partial charge is 0.249 e. The molecule has 24 heavy (non-hydrogen) atoms. The van der Waals surface area contributed by atoms with Gasteiger partial charge in [-0.05, 0) is 67.1 Å². The molecule has 1 aliphatic heterocycles. The van der Waals surface area contributed by atoms with Gasteiger partial charge in [-0.3, -0.25) is 9.69 Å². The van der Waals surface area contributed by atoms with Crippen LogP contribution in [-0.2, 0) is 11.3 Å². The van der Waals surface area contributed by atoms with Gasteiger partial charge in [0, 0.05) is 17.3 Å². The summed E-state index contributed by atoms with van der Waals surface area (Å²) in [5.74, 6) is -0.0704. The molecule has 4 nitrogen and oxygen atoms in total. The SMILES string of the molecule is O=C(NC1CC1)[C@H](O)C1CCN(Cc2csc3ccccc23)CC1. The molecule has 1 aliphatic carbocycles. The number of amides is 1. The lowest BCUT2D eigenvalue weighted by atomic mass is 9.90. The summed E-state index contributed by atoms with van der Waals surface area (Å²) in [6, 6.07) is 8.87. The third-order valence-electron chi connectivity index (χ3n) is 5.23. The summed E-state index contributed by atoms with van der Waals surface area (Å²) < 4.78 is 1.34. The van der Waals surface area contributed by atoms with E-state index in [0.717, 1.165) is 45.3 Å². The fourth-order valence-corrected chi connectivity index (χ4v) is 4.51. The molecule has 2 fully saturated rings. The number of likely N-dealkylation sites (tertiary alicyclic amines) is 1. The highest BCUT2D eigenvalue weighted by Crippen LogP contribution is 2.29. The van der Waals surface area contributed by atoms with E-state index in [0.29, 0.717) is 6.04 Å². The van der Waals surface area contributed by atoms with Crippen molar-refractivity contribution in [1.29, 1.82) is 0 Å². The van der Waals surface area contributed by atoms with Crippen LogP contribution in [0.3, 0.4) is 0 Å². The van der Waals surface area contributed by atoms with Crippen molar-refractivity contribution in [3.8, 4) is 0 Å². The molecule has 2 aliphatic rings. The second kappa shape index (κ2) is 6.82. The standard InChI is InChI=1S/C19H24N2O2S/c22-18(19(23)20-15-5-6-15)13-7-9-21(10-8-13)11-14-12-24-17-4-2-1-3-16(14)17/h1-4,12-13,15,18,22H,5-11H2,(H,20,23)/t18-/m1/s1. The Morgan fingerprint density at radius 1 is 1.25 bits per heavy atom. The van der Waals surface area contributed by atoms with Gasteiger partial charge in [0.1, 0.15) is 6.10 Å². The first-order valence-electron chi connectivity index (χ1n) is 8.86. The van der Waals surface area contributed by atoms with E-state index in [-0.39, 0.29) is 11.8 Å². The van der Waals surface area contributed by atoms with Crippen molar-refractivity contribution in [1.82, 2.24) is 10.2 Å². The van der Waals surface area contributed by atoms with Crippen LogP contribution in [0.2, 0.25) is 0 Å². The molecule has 1 aromatic carbocycles. The molecule has 2 aromatic rings. The van der Waals surface area contributed by atoms with Crippen LogP contribution in [0.5, 0.6) is 0 Å². The Morgan fingerprint density at radius 3 is 2.75 bits per heavy atom. The minimum absolute atomic E-state index is 0.0965. The van der Waals surface area contributed by atoms with Crippen molar-refractivity contribution in [2.75, 3.05) is 13.1 Å². The van der Waals surface area contributed by atoms with Crippen LogP contribution in [0.1, 0.15) is 31.2 Å². The average molecular weight is 344 g/mol. The molecule has 2 heterocycles. The van der Waals surface area contributed by atoms with E-state index in [2.05, 4.69) is 39.9 Å². The Morgan fingerprint density at radius 2 is 2.00 bits per heavy atom. The van der Waals surface area contributed by atoms with Crippen molar-refractivity contribution in [3.05, 3.63) is 35.2 Å². The molecule has 1 aromatic heterocycles. The minimum Gasteiger partial charge on any atom is -0.383 e. The van der Waals surface area contributed by atoms with Gasteiger partial charge in [-0.2, -0.15) is 0 Å². The van der Waals surface area contributed by atoms with Crippen molar-refractivity contribution in [2.24, 2.45) is 5.92 Å². The molecule has 5 heteroatoms. The van der Waals surface area contributed by atoms with Crippen LogP contribution < -0.4 is 5.32 Å². The molecule has 0 spiro atoms. The molecule has 0 bridgehead atoms. The van der Waals surface area contributed by atoms with Gasteiger partial charge in [0.2, 0.25) is 5.91 Å². The van der Waals surface area contributed by atoms with Gasteiger partial charge in [-0.1, -0.05) is 18.2 Å². The third kappa shape index (κ3) is 3.48. The predicted molar refractivity (Wildman–Crippen MR) is 97.0 cm³/mol. The molecule has 0 unspecified atom stereocenters. The quantitative estimate of drug-likeness (QED) is 0.877. The lowest BCUT2D eigenvalue weighted by Gasteiger charge is -2.33. The van der Waals surface area contributed by atoms with Crippen LogP contribution in [0, 0.1) is 5.92 Å². The zero-order valence-electron chi connectivity index (χ0n) is 13.8. The Labute approximate surface area is 146 Å². The Balaban J connectivity index is 1.31. The monoisotopic (exact) mass is 344 g/mol. The van der Waals surface area contributed by atoms with Crippen LogP contribution in [0.4, 0.5) is 0 Å². The van der Waals surface area contributed by atoms with E-state index in [1.54, 1.807) is 11.3 Å². The number of carbonyl (C=O) groups excluding carboxylic acids is 1. The van der Waals surface area contributed by atoms with Gasteiger partial charge < -0.3 is 10.4 Å². The summed E-state index contributed by atoms with van der Waals surface area (Å²) in [5, 5.41) is 16.8. The fraction of sp³-hybridized carbons (Fsp3) is 0.526. The summed E-state index contributed by atoms with van der Waals surface area (Å²) in [6.45, 7) is 2.85. The molecule has 128 valence electrons. The molecule has 0 radical (unpaired) electrons. The Kier molecular flexibility index (Phi) is 4.57. The van der Waals surface area contributed by atoms with E-state index in [1.165, 1.54) is 15.6 Å². The maximum absolute atomic E-state index is 12.0. The third-order valence-corrected chi connectivity index (χ3v) is 6.24. The van der Waals surface area contributed by atoms with E-state index in [9.17, 15) is 9.90 Å². The molecule has 1 saturated heterocycles. The number of aliphatic hydroxyl groups is 1. The molecular formula is C19H24N2O2S. The van der Waals surface area contributed by atoms with Crippen molar-refractivity contribution in [2.45, 2.75) is 44.4 Å². The van der Waals surface area contributed by atoms with E-state index < -0.39 is 6.10 Å². The van der Waals surface area contributed by atoms with Gasteiger partial charge in [0.15, 0.2) is 0 Å². The Hall–Kier alpha value is -1.43. The minimum atomic E-state index is -0.838. The zero-order valence-corrected chi connectivity index (χ0v) is 14.6. The van der Waals surface area contributed by atoms with Crippen molar-refractivity contribution >= 4 is 27.3 Å². The summed E-state index contributed by atoms with van der Waals surface area (Å²) in [4.78, 5) is 14.4. The number of benzene rings is 1. The van der Waals surface area contributed by atoms with Gasteiger partial charge in [-0.15, -0.1) is 11.3 Å². The van der Waals surface area contributed by atoms with Crippen LogP contribution in [-0.4, -0.2) is 41.1 Å². The number of nitrogens with one attached hydrogen (secondary N) is 1. The second-order valence-electron chi connectivity index (χ2n) is 7.10. The lowest BCUT2D eigenvalue weighted by molar-refractivity contribution is -0.133. The van der Waals surface area contributed by atoms with Gasteiger partial charge in [0.05, 0.1) is 0 Å². The molecule has 4 rings (SSSR count). The first kappa shape index (κ1) is 16.1. The summed E-state index contributed by atoms with van der Waals surface area (Å²) in [6.07, 6.45) is 3.06. The molecule has 1 amide bonds. The van der Waals surface area contributed by atoms with Crippen molar-refractivity contribution < 1.29 is 9.90 Å². The number of nitrogens with zero attached hydrogens (tertiary/aromatic N) is 1. The maximum atomic E-state index is 12.0. The van der Waals surface area contributed by atoms with Gasteiger partial charge >= 0.3 is 0 Å². The second-order valence-corrected chi connectivity index (χ2v) is 8.01. The first-order chi connectivity index (χ1) is 11.7. The first-order valence-corrected chi connectivity index (χ1v) is 9.74. The fourth-order valence-electron chi connectivity index (χ4n) is 3.55. The summed E-state index contributed by atoms with van der Waals surface area (Å²) >= 11 is 1.80. The average Bonchev–Trinajstić information content (AvgIpc) is 3.34. The zero-order chi connectivity index (χ0) is 16.5. The lowest BCUT2D eigenvalue weighted by Crippen LogP contribution is -2.44. The number of hydrogen-bond acceptors (Lipinski definition) is 4. The normalized spacial score (nSPS) is 21.0. The highest BCUT2D eigenvalue weighted by molar-refractivity contribution is 7.17. The van der Waals surface area contributed by atoms with Crippen molar-refractivity contribution in [3.63, 3.8) is 0 Å². The van der Waals surface area contributed by atoms with Crippen LogP contribution in [0.25, 0.3) is 10.1 Å². The van der Waals surface area contributed by atoms with E-state index in [4.69, 9.17) is 0 Å². The molecular weight excluding hydrogens is 320 g/mol. The number of piperidine rings is 1. The molecule has 1 atom stereocenters. The number of fused-ring (bicyclic) bond motifs is 1. The number of rotatable bonds is 5. The maximum Gasteiger partial charge on any atom is 0.249 e. The predicted octanol–water partition coefficient (Wildman–Crippen LogP) is 2.75. The van der Waals surface area contributed by atoms with Gasteiger partial charge in [-0.25, -0.2) is 0 Å². The Bertz CT molecular complexity index is 717. The molecule has 1 saturated carbocycles.